The summed E-state index contributed by atoms with van der Waals surface area (Å²) in [6, 6.07) is 5.88. The van der Waals surface area contributed by atoms with Gasteiger partial charge < -0.3 is 24.3 Å². The van der Waals surface area contributed by atoms with Crippen LogP contribution in [0.4, 0.5) is 0 Å². The van der Waals surface area contributed by atoms with Crippen molar-refractivity contribution in [2.24, 2.45) is 0 Å². The summed E-state index contributed by atoms with van der Waals surface area (Å²) >= 11 is 0. The Morgan fingerprint density at radius 3 is 2.20 bits per heavy atom. The predicted octanol–water partition coefficient (Wildman–Crippen LogP) is 1.85. The third-order valence-corrected chi connectivity index (χ3v) is 2.81. The molecule has 0 saturated heterocycles. The van der Waals surface area contributed by atoms with Crippen LogP contribution < -0.4 is 14.8 Å². The summed E-state index contributed by atoms with van der Waals surface area (Å²) in [5, 5.41) is 3.37. The Bertz CT molecular complexity index is 349. The number of hydrogen-bond acceptors (Lipinski definition) is 5. The summed E-state index contributed by atoms with van der Waals surface area (Å²) in [5.41, 5.74) is 1.14. The molecule has 0 saturated carbocycles. The zero-order chi connectivity index (χ0) is 14.6. The number of rotatable bonds is 11. The molecule has 1 N–H and O–H groups in total. The van der Waals surface area contributed by atoms with Gasteiger partial charge in [-0.25, -0.2) is 0 Å². The van der Waals surface area contributed by atoms with Crippen molar-refractivity contribution in [1.29, 1.82) is 0 Å². The van der Waals surface area contributed by atoms with E-state index in [1.54, 1.807) is 21.3 Å². The monoisotopic (exact) mass is 283 g/mol. The average Bonchev–Trinajstić information content (AvgIpc) is 2.49. The lowest BCUT2D eigenvalue weighted by Crippen LogP contribution is -2.17. The zero-order valence-corrected chi connectivity index (χ0v) is 12.6. The summed E-state index contributed by atoms with van der Waals surface area (Å²) in [6.45, 7) is 3.75. The molecule has 0 spiro atoms. The minimum atomic E-state index is 0.650. The second-order valence-electron chi connectivity index (χ2n) is 4.36. The Morgan fingerprint density at radius 1 is 0.900 bits per heavy atom. The first-order chi connectivity index (χ1) is 9.80. The number of benzene rings is 1. The highest BCUT2D eigenvalue weighted by Gasteiger charge is 2.01. The van der Waals surface area contributed by atoms with Crippen molar-refractivity contribution in [2.45, 2.75) is 13.0 Å². The molecule has 0 aliphatic heterocycles. The molecular formula is C15H25NO4. The van der Waals surface area contributed by atoms with Crippen LogP contribution in [0.15, 0.2) is 18.2 Å². The van der Waals surface area contributed by atoms with Crippen LogP contribution >= 0.6 is 0 Å². The van der Waals surface area contributed by atoms with Gasteiger partial charge in [0, 0.05) is 26.3 Å². The maximum absolute atomic E-state index is 5.39. The minimum absolute atomic E-state index is 0.650. The average molecular weight is 283 g/mol. The van der Waals surface area contributed by atoms with E-state index in [4.69, 9.17) is 18.9 Å². The molecule has 0 amide bonds. The minimum Gasteiger partial charge on any atom is -0.497 e. The van der Waals surface area contributed by atoms with E-state index < -0.39 is 0 Å². The van der Waals surface area contributed by atoms with E-state index >= 15 is 0 Å². The number of hydrogen-bond donors (Lipinski definition) is 1. The van der Waals surface area contributed by atoms with Gasteiger partial charge in [0.15, 0.2) is 0 Å². The lowest BCUT2D eigenvalue weighted by atomic mass is 10.2. The molecule has 0 bridgehead atoms. The largest absolute Gasteiger partial charge is 0.497 e. The molecule has 20 heavy (non-hydrogen) atoms. The molecule has 1 aromatic rings. The van der Waals surface area contributed by atoms with Gasteiger partial charge in [-0.15, -0.1) is 0 Å². The molecule has 0 aliphatic rings. The number of nitrogens with one attached hydrogen (secondary N) is 1. The fourth-order valence-electron chi connectivity index (χ4n) is 1.74. The maximum atomic E-state index is 5.39. The molecule has 1 rings (SSSR count). The molecule has 5 nitrogen and oxygen atoms in total. The molecule has 0 heterocycles. The topological polar surface area (TPSA) is 49.0 Å². The predicted molar refractivity (Wildman–Crippen MR) is 78.6 cm³/mol. The van der Waals surface area contributed by atoms with Crippen LogP contribution in [0.3, 0.4) is 0 Å². The summed E-state index contributed by atoms with van der Waals surface area (Å²) in [6.07, 6.45) is 0.977. The highest BCUT2D eigenvalue weighted by molar-refractivity contribution is 5.38. The fraction of sp³-hybridized carbons (Fsp3) is 0.600. The molecule has 114 valence electrons. The molecule has 1 aromatic carbocycles. The molecule has 0 unspecified atom stereocenters. The first-order valence-corrected chi connectivity index (χ1v) is 6.79. The quantitative estimate of drug-likeness (QED) is 0.628. The van der Waals surface area contributed by atoms with Crippen molar-refractivity contribution in [3.05, 3.63) is 23.8 Å². The molecule has 0 atom stereocenters. The van der Waals surface area contributed by atoms with Crippen LogP contribution in [0.5, 0.6) is 11.5 Å². The van der Waals surface area contributed by atoms with Gasteiger partial charge in [-0.05, 0) is 30.7 Å². The standard InChI is InChI=1S/C15H25NO4/c1-17-7-8-20-6-4-5-16-12-13-9-14(18-2)11-15(10-13)19-3/h9-11,16H,4-8,12H2,1-3H3. The Kier molecular flexibility index (Phi) is 8.78. The second kappa shape index (κ2) is 10.5. The highest BCUT2D eigenvalue weighted by Crippen LogP contribution is 2.22. The second-order valence-corrected chi connectivity index (χ2v) is 4.36. The Hall–Kier alpha value is -1.30. The lowest BCUT2D eigenvalue weighted by molar-refractivity contribution is 0.0695. The van der Waals surface area contributed by atoms with Gasteiger partial charge in [-0.1, -0.05) is 0 Å². The SMILES string of the molecule is COCCOCCCNCc1cc(OC)cc(OC)c1. The molecule has 0 aromatic heterocycles. The van der Waals surface area contributed by atoms with E-state index in [0.717, 1.165) is 43.2 Å². The van der Waals surface area contributed by atoms with Crippen molar-refractivity contribution >= 4 is 0 Å². The first-order valence-electron chi connectivity index (χ1n) is 6.79. The molecule has 0 aliphatic carbocycles. The van der Waals surface area contributed by atoms with E-state index in [-0.39, 0.29) is 0 Å². The Balaban J connectivity index is 2.21. The van der Waals surface area contributed by atoms with Crippen molar-refractivity contribution in [2.75, 3.05) is 47.7 Å². The van der Waals surface area contributed by atoms with Crippen LogP contribution in [-0.2, 0) is 16.0 Å². The molecule has 0 fully saturated rings. The fourth-order valence-corrected chi connectivity index (χ4v) is 1.74. The first kappa shape index (κ1) is 16.8. The van der Waals surface area contributed by atoms with Gasteiger partial charge in [0.25, 0.3) is 0 Å². The summed E-state index contributed by atoms with van der Waals surface area (Å²) in [7, 11) is 4.99. The van der Waals surface area contributed by atoms with E-state index in [1.807, 2.05) is 18.2 Å². The van der Waals surface area contributed by atoms with Gasteiger partial charge in [0.2, 0.25) is 0 Å². The lowest BCUT2D eigenvalue weighted by Gasteiger charge is -2.09. The van der Waals surface area contributed by atoms with Crippen molar-refractivity contribution < 1.29 is 18.9 Å². The third kappa shape index (κ3) is 6.75. The number of methoxy groups -OCH3 is 3. The van der Waals surface area contributed by atoms with Crippen molar-refractivity contribution in [1.82, 2.24) is 5.32 Å². The van der Waals surface area contributed by atoms with E-state index in [1.165, 1.54) is 0 Å². The smallest absolute Gasteiger partial charge is 0.122 e. The number of ether oxygens (including phenoxy) is 4. The Labute approximate surface area is 121 Å². The normalized spacial score (nSPS) is 10.6. The van der Waals surface area contributed by atoms with Crippen LogP contribution in [-0.4, -0.2) is 47.7 Å². The van der Waals surface area contributed by atoms with Crippen LogP contribution in [0.25, 0.3) is 0 Å². The molecule has 0 radical (unpaired) electrons. The summed E-state index contributed by atoms with van der Waals surface area (Å²) < 4.78 is 20.8. The third-order valence-electron chi connectivity index (χ3n) is 2.81. The van der Waals surface area contributed by atoms with Crippen molar-refractivity contribution in [3.8, 4) is 11.5 Å². The highest BCUT2D eigenvalue weighted by atomic mass is 16.5. The van der Waals surface area contributed by atoms with Crippen molar-refractivity contribution in [3.63, 3.8) is 0 Å². The molecule has 5 heteroatoms. The molecular weight excluding hydrogens is 258 g/mol. The summed E-state index contributed by atoms with van der Waals surface area (Å²) in [4.78, 5) is 0. The van der Waals surface area contributed by atoms with Gasteiger partial charge in [0.05, 0.1) is 27.4 Å². The van der Waals surface area contributed by atoms with E-state index in [9.17, 15) is 0 Å². The van der Waals surface area contributed by atoms with Crippen LogP contribution in [0, 0.1) is 0 Å². The summed E-state index contributed by atoms with van der Waals surface area (Å²) in [5.74, 6) is 1.62. The van der Waals surface area contributed by atoms with Gasteiger partial charge in [-0.2, -0.15) is 0 Å². The Morgan fingerprint density at radius 2 is 1.60 bits per heavy atom. The van der Waals surface area contributed by atoms with Crippen LogP contribution in [0.1, 0.15) is 12.0 Å². The van der Waals surface area contributed by atoms with E-state index in [0.29, 0.717) is 13.2 Å². The van der Waals surface area contributed by atoms with Crippen LogP contribution in [0.2, 0.25) is 0 Å². The van der Waals surface area contributed by atoms with E-state index in [2.05, 4.69) is 5.32 Å². The van der Waals surface area contributed by atoms with Gasteiger partial charge in [-0.3, -0.25) is 0 Å². The maximum Gasteiger partial charge on any atom is 0.122 e. The van der Waals surface area contributed by atoms with Gasteiger partial charge in [0.1, 0.15) is 11.5 Å². The zero-order valence-electron chi connectivity index (χ0n) is 12.6. The van der Waals surface area contributed by atoms with Gasteiger partial charge >= 0.3 is 0 Å².